The molecular formula is C26H34O3. The lowest BCUT2D eigenvalue weighted by molar-refractivity contribution is 0.0397. The molecule has 2 rings (SSSR count). The lowest BCUT2D eigenvalue weighted by Crippen LogP contribution is -2.14. The normalized spacial score (nSPS) is 11.2. The summed E-state index contributed by atoms with van der Waals surface area (Å²) in [6, 6.07) is 11.2. The molecule has 0 saturated carbocycles. The lowest BCUT2D eigenvalue weighted by Gasteiger charge is -2.15. The maximum absolute atomic E-state index is 12.6. The monoisotopic (exact) mass is 394 g/mol. The van der Waals surface area contributed by atoms with E-state index in [1.165, 1.54) is 11.1 Å². The molecule has 0 aromatic heterocycles. The fourth-order valence-electron chi connectivity index (χ4n) is 3.77. The fraction of sp³-hybridized carbons (Fsp3) is 0.462. The van der Waals surface area contributed by atoms with Crippen molar-refractivity contribution in [2.24, 2.45) is 0 Å². The van der Waals surface area contributed by atoms with Gasteiger partial charge in [0.2, 0.25) is 0 Å². The topological polar surface area (TPSA) is 43.4 Å². The Labute approximate surface area is 175 Å². The minimum absolute atomic E-state index is 0.389. The quantitative estimate of drug-likeness (QED) is 0.364. The Morgan fingerprint density at radius 3 is 1.41 bits per heavy atom. The van der Waals surface area contributed by atoms with E-state index in [4.69, 9.17) is 4.74 Å². The predicted molar refractivity (Wildman–Crippen MR) is 119 cm³/mol. The van der Waals surface area contributed by atoms with Crippen LogP contribution in [-0.4, -0.2) is 11.9 Å². The molecular weight excluding hydrogens is 360 g/mol. The number of benzene rings is 2. The SMILES string of the molecule is CCCc1cc(C(=O)OC(=O)c2ccc(C(C)C)c(CCC)c2)ccc1C(C)C. The zero-order valence-corrected chi connectivity index (χ0v) is 18.7. The van der Waals surface area contributed by atoms with E-state index in [1.807, 2.05) is 24.3 Å². The van der Waals surface area contributed by atoms with Gasteiger partial charge in [0.15, 0.2) is 0 Å². The molecule has 0 saturated heterocycles. The molecule has 0 bridgehead atoms. The van der Waals surface area contributed by atoms with E-state index in [1.54, 1.807) is 12.1 Å². The van der Waals surface area contributed by atoms with E-state index in [0.29, 0.717) is 23.0 Å². The molecule has 0 N–H and O–H groups in total. The van der Waals surface area contributed by atoms with Crippen LogP contribution < -0.4 is 0 Å². The molecule has 29 heavy (non-hydrogen) atoms. The maximum atomic E-state index is 12.6. The van der Waals surface area contributed by atoms with Gasteiger partial charge in [-0.15, -0.1) is 0 Å². The van der Waals surface area contributed by atoms with E-state index in [-0.39, 0.29) is 0 Å². The first-order valence-corrected chi connectivity index (χ1v) is 10.8. The molecule has 156 valence electrons. The third kappa shape index (κ3) is 5.79. The highest BCUT2D eigenvalue weighted by Crippen LogP contribution is 2.24. The van der Waals surface area contributed by atoms with Crippen LogP contribution in [0.25, 0.3) is 0 Å². The van der Waals surface area contributed by atoms with Crippen LogP contribution in [0, 0.1) is 0 Å². The van der Waals surface area contributed by atoms with Crippen molar-refractivity contribution in [2.75, 3.05) is 0 Å². The molecule has 3 nitrogen and oxygen atoms in total. The average Bonchev–Trinajstić information content (AvgIpc) is 2.67. The Balaban J connectivity index is 2.23. The second kappa shape index (κ2) is 10.4. The molecule has 0 spiro atoms. The number of carbonyl (C=O) groups is 2. The molecule has 0 amide bonds. The minimum atomic E-state index is -0.590. The zero-order chi connectivity index (χ0) is 21.6. The number of rotatable bonds is 8. The van der Waals surface area contributed by atoms with Crippen LogP contribution in [0.15, 0.2) is 36.4 Å². The van der Waals surface area contributed by atoms with Gasteiger partial charge in [-0.25, -0.2) is 9.59 Å². The number of ether oxygens (including phenoxy) is 1. The van der Waals surface area contributed by atoms with Crippen molar-refractivity contribution in [3.05, 3.63) is 69.8 Å². The number of esters is 2. The van der Waals surface area contributed by atoms with E-state index in [0.717, 1.165) is 36.8 Å². The first-order valence-electron chi connectivity index (χ1n) is 10.8. The van der Waals surface area contributed by atoms with Gasteiger partial charge in [0, 0.05) is 0 Å². The highest BCUT2D eigenvalue weighted by atomic mass is 16.6. The summed E-state index contributed by atoms with van der Waals surface area (Å²) in [7, 11) is 0. The predicted octanol–water partition coefficient (Wildman–Crippen LogP) is 6.84. The van der Waals surface area contributed by atoms with Gasteiger partial charge in [-0.05, 0) is 71.2 Å². The molecule has 0 aliphatic rings. The van der Waals surface area contributed by atoms with Crippen molar-refractivity contribution < 1.29 is 14.3 Å². The molecule has 0 heterocycles. The molecule has 0 unspecified atom stereocenters. The fourth-order valence-corrected chi connectivity index (χ4v) is 3.77. The Bertz CT molecular complexity index is 791. The van der Waals surface area contributed by atoms with E-state index in [2.05, 4.69) is 41.5 Å². The van der Waals surface area contributed by atoms with Crippen LogP contribution in [0.1, 0.15) is 109 Å². The van der Waals surface area contributed by atoms with Crippen molar-refractivity contribution in [1.29, 1.82) is 0 Å². The summed E-state index contributed by atoms with van der Waals surface area (Å²) in [5, 5.41) is 0. The van der Waals surface area contributed by atoms with Crippen LogP contribution in [0.5, 0.6) is 0 Å². The maximum Gasteiger partial charge on any atom is 0.346 e. The van der Waals surface area contributed by atoms with E-state index in [9.17, 15) is 9.59 Å². The van der Waals surface area contributed by atoms with E-state index < -0.39 is 11.9 Å². The van der Waals surface area contributed by atoms with Crippen molar-refractivity contribution in [3.8, 4) is 0 Å². The van der Waals surface area contributed by atoms with Gasteiger partial charge < -0.3 is 4.74 Å². The Morgan fingerprint density at radius 2 is 1.10 bits per heavy atom. The van der Waals surface area contributed by atoms with Gasteiger partial charge in [0.25, 0.3) is 0 Å². The summed E-state index contributed by atoms with van der Waals surface area (Å²) in [5.41, 5.74) is 5.64. The van der Waals surface area contributed by atoms with Crippen LogP contribution >= 0.6 is 0 Å². The molecule has 2 aromatic rings. The van der Waals surface area contributed by atoms with Gasteiger partial charge in [-0.1, -0.05) is 66.5 Å². The van der Waals surface area contributed by atoms with Crippen molar-refractivity contribution in [2.45, 2.75) is 79.1 Å². The summed E-state index contributed by atoms with van der Waals surface area (Å²) in [4.78, 5) is 25.2. The van der Waals surface area contributed by atoms with Crippen LogP contribution in [0.2, 0.25) is 0 Å². The summed E-state index contributed by atoms with van der Waals surface area (Å²) in [6.07, 6.45) is 3.80. The first-order chi connectivity index (χ1) is 13.8. The highest BCUT2D eigenvalue weighted by molar-refractivity contribution is 6.02. The second-order valence-electron chi connectivity index (χ2n) is 8.31. The largest absolute Gasteiger partial charge is 0.386 e. The summed E-state index contributed by atoms with van der Waals surface area (Å²) in [5.74, 6) is -0.403. The summed E-state index contributed by atoms with van der Waals surface area (Å²) < 4.78 is 5.21. The van der Waals surface area contributed by atoms with Gasteiger partial charge in [0.05, 0.1) is 11.1 Å². The van der Waals surface area contributed by atoms with Crippen LogP contribution in [0.4, 0.5) is 0 Å². The Hall–Kier alpha value is -2.42. The first kappa shape index (κ1) is 22.9. The second-order valence-corrected chi connectivity index (χ2v) is 8.31. The number of hydrogen-bond donors (Lipinski definition) is 0. The molecule has 3 heteroatoms. The van der Waals surface area contributed by atoms with Gasteiger partial charge in [0.1, 0.15) is 0 Å². The lowest BCUT2D eigenvalue weighted by atomic mass is 9.92. The standard InChI is InChI=1S/C26H34O3/c1-7-9-19-15-21(11-13-23(19)17(3)4)25(27)29-26(28)22-12-14-24(18(5)6)20(16-22)10-8-2/h11-18H,7-10H2,1-6H3. The van der Waals surface area contributed by atoms with Crippen molar-refractivity contribution in [3.63, 3.8) is 0 Å². The van der Waals surface area contributed by atoms with Crippen molar-refractivity contribution >= 4 is 11.9 Å². The van der Waals surface area contributed by atoms with Gasteiger partial charge in [-0.3, -0.25) is 0 Å². The third-order valence-corrected chi connectivity index (χ3v) is 5.23. The molecule has 0 radical (unpaired) electrons. The zero-order valence-electron chi connectivity index (χ0n) is 18.7. The third-order valence-electron chi connectivity index (χ3n) is 5.23. The summed E-state index contributed by atoms with van der Waals surface area (Å²) >= 11 is 0. The number of aryl methyl sites for hydroxylation is 2. The minimum Gasteiger partial charge on any atom is -0.386 e. The highest BCUT2D eigenvalue weighted by Gasteiger charge is 2.18. The molecule has 2 aromatic carbocycles. The Kier molecular flexibility index (Phi) is 8.19. The smallest absolute Gasteiger partial charge is 0.346 e. The van der Waals surface area contributed by atoms with Crippen molar-refractivity contribution in [1.82, 2.24) is 0 Å². The van der Waals surface area contributed by atoms with Gasteiger partial charge >= 0.3 is 11.9 Å². The molecule has 0 aliphatic heterocycles. The average molecular weight is 395 g/mol. The van der Waals surface area contributed by atoms with E-state index >= 15 is 0 Å². The molecule has 0 aliphatic carbocycles. The summed E-state index contributed by atoms with van der Waals surface area (Å²) in [6.45, 7) is 12.8. The van der Waals surface area contributed by atoms with Crippen LogP contribution in [0.3, 0.4) is 0 Å². The Morgan fingerprint density at radius 1 is 0.724 bits per heavy atom. The number of hydrogen-bond acceptors (Lipinski definition) is 3. The number of carbonyl (C=O) groups excluding carboxylic acids is 2. The molecule has 0 atom stereocenters. The molecule has 0 fully saturated rings. The van der Waals surface area contributed by atoms with Crippen LogP contribution in [-0.2, 0) is 17.6 Å². The van der Waals surface area contributed by atoms with Gasteiger partial charge in [-0.2, -0.15) is 0 Å².